The van der Waals surface area contributed by atoms with Gasteiger partial charge in [0, 0.05) is 11.8 Å². The highest BCUT2D eigenvalue weighted by atomic mass is 16.8. The Morgan fingerprint density at radius 2 is 1.86 bits per heavy atom. The number of hydrogen-bond donors (Lipinski definition) is 0. The summed E-state index contributed by atoms with van der Waals surface area (Å²) in [6, 6.07) is 0. The first kappa shape index (κ1) is 19.7. The molecule has 5 rings (SSSR count). The molecule has 7 atom stereocenters. The Hall–Kier alpha value is -1.26. The zero-order chi connectivity index (χ0) is 21.0. The maximum atomic E-state index is 13.1. The van der Waals surface area contributed by atoms with E-state index in [4.69, 9.17) is 9.47 Å². The Kier molecular flexibility index (Phi) is 3.87. The van der Waals surface area contributed by atoms with Crippen LogP contribution in [0.1, 0.15) is 73.6 Å². The average Bonchev–Trinajstić information content (AvgIpc) is 3.03. The minimum Gasteiger partial charge on any atom is -0.344 e. The minimum atomic E-state index is -0.840. The van der Waals surface area contributed by atoms with Gasteiger partial charge in [-0.25, -0.2) is 0 Å². The average molecular weight is 399 g/mol. The lowest BCUT2D eigenvalue weighted by atomic mass is 9.47. The lowest BCUT2D eigenvalue weighted by Crippen LogP contribution is -2.59. The molecule has 2 saturated carbocycles. The molecule has 4 aliphatic carbocycles. The zero-order valence-electron chi connectivity index (χ0n) is 18.6. The van der Waals surface area contributed by atoms with Crippen LogP contribution in [-0.2, 0) is 19.1 Å². The predicted octanol–water partition coefficient (Wildman–Crippen LogP) is 4.77. The largest absolute Gasteiger partial charge is 0.344 e. The van der Waals surface area contributed by atoms with Gasteiger partial charge in [0.1, 0.15) is 0 Å². The number of hydrogen-bond acceptors (Lipinski definition) is 4. The van der Waals surface area contributed by atoms with Crippen molar-refractivity contribution in [2.24, 2.45) is 28.6 Å². The summed E-state index contributed by atoms with van der Waals surface area (Å²) in [5, 5.41) is 0. The monoisotopic (exact) mass is 398 g/mol. The molecule has 4 heteroatoms. The predicted molar refractivity (Wildman–Crippen MR) is 110 cm³/mol. The van der Waals surface area contributed by atoms with Gasteiger partial charge in [-0.05, 0) is 88.2 Å². The molecule has 29 heavy (non-hydrogen) atoms. The van der Waals surface area contributed by atoms with E-state index < -0.39 is 11.4 Å². The van der Waals surface area contributed by atoms with Crippen LogP contribution in [0.25, 0.3) is 0 Å². The molecular formula is C25H34O4. The molecule has 0 aromatic rings. The highest BCUT2D eigenvalue weighted by Crippen LogP contribution is 2.70. The fourth-order valence-corrected chi connectivity index (χ4v) is 8.17. The number of ether oxygens (including phenoxy) is 2. The molecule has 0 spiro atoms. The standard InChI is InChI=1S/C25H34O4/c1-14-11-17-18(23(5)9-7-16(27)12-19(14)23)8-10-24(6)20(17)13-21-25(24,15(2)26)29-22(3,4)28-21/h11-12,17-18,20-21H,7-10,13H2,1-6H3/t17-,18+,20+,21+,23-,24+,25-/m1/s1. The first-order valence-electron chi connectivity index (χ1n) is 11.3. The second kappa shape index (κ2) is 5.70. The smallest absolute Gasteiger partial charge is 0.164 e. The summed E-state index contributed by atoms with van der Waals surface area (Å²) in [6.07, 6.45) is 8.65. The van der Waals surface area contributed by atoms with E-state index in [0.29, 0.717) is 24.2 Å². The quantitative estimate of drug-likeness (QED) is 0.638. The van der Waals surface area contributed by atoms with Crippen molar-refractivity contribution in [1.29, 1.82) is 0 Å². The number of Topliss-reactive ketones (excluding diaryl/α,β-unsaturated/α-hetero) is 1. The van der Waals surface area contributed by atoms with E-state index in [9.17, 15) is 9.59 Å². The Morgan fingerprint density at radius 3 is 2.55 bits per heavy atom. The molecule has 4 nitrogen and oxygen atoms in total. The molecule has 0 N–H and O–H groups in total. The van der Waals surface area contributed by atoms with Gasteiger partial charge in [0.25, 0.3) is 0 Å². The lowest BCUT2D eigenvalue weighted by molar-refractivity contribution is -0.211. The van der Waals surface area contributed by atoms with Crippen molar-refractivity contribution in [3.8, 4) is 0 Å². The van der Waals surface area contributed by atoms with Gasteiger partial charge in [-0.2, -0.15) is 0 Å². The highest BCUT2D eigenvalue weighted by Gasteiger charge is 2.74. The van der Waals surface area contributed by atoms with Gasteiger partial charge in [0.05, 0.1) is 6.10 Å². The van der Waals surface area contributed by atoms with Crippen LogP contribution in [0.3, 0.4) is 0 Å². The van der Waals surface area contributed by atoms with Crippen LogP contribution in [0.4, 0.5) is 0 Å². The third-order valence-electron chi connectivity index (χ3n) is 9.35. The van der Waals surface area contributed by atoms with Gasteiger partial charge in [0.15, 0.2) is 23.0 Å². The van der Waals surface area contributed by atoms with Gasteiger partial charge in [-0.1, -0.05) is 25.5 Å². The maximum Gasteiger partial charge on any atom is 0.164 e. The molecule has 0 aromatic carbocycles. The summed E-state index contributed by atoms with van der Waals surface area (Å²) in [5.41, 5.74) is 1.50. The van der Waals surface area contributed by atoms with Crippen molar-refractivity contribution in [2.75, 3.05) is 0 Å². The van der Waals surface area contributed by atoms with Crippen molar-refractivity contribution in [2.45, 2.75) is 91.1 Å². The molecule has 0 aromatic heterocycles. The molecule has 0 bridgehead atoms. The molecule has 0 amide bonds. The third-order valence-corrected chi connectivity index (χ3v) is 9.35. The van der Waals surface area contributed by atoms with Crippen molar-refractivity contribution >= 4 is 11.6 Å². The Labute approximate surface area is 174 Å². The van der Waals surface area contributed by atoms with E-state index >= 15 is 0 Å². The molecule has 0 unspecified atom stereocenters. The van der Waals surface area contributed by atoms with Crippen LogP contribution >= 0.6 is 0 Å². The van der Waals surface area contributed by atoms with Crippen LogP contribution in [0.5, 0.6) is 0 Å². The SMILES string of the molecule is CC(=O)[C@@]12OC(C)(C)O[C@H]1C[C@H]1[C@@H]3C=C(C)C4=CC(=O)CC[C@]4(C)[C@H]3CC[C@@]12C. The van der Waals surface area contributed by atoms with Crippen molar-refractivity contribution in [1.82, 2.24) is 0 Å². The first-order valence-corrected chi connectivity index (χ1v) is 11.3. The summed E-state index contributed by atoms with van der Waals surface area (Å²) >= 11 is 0. The van der Waals surface area contributed by atoms with Gasteiger partial charge >= 0.3 is 0 Å². The number of rotatable bonds is 1. The van der Waals surface area contributed by atoms with Crippen molar-refractivity contribution < 1.29 is 19.1 Å². The van der Waals surface area contributed by atoms with Crippen LogP contribution in [0, 0.1) is 28.6 Å². The number of fused-ring (bicyclic) bond motifs is 7. The van der Waals surface area contributed by atoms with E-state index in [1.165, 1.54) is 11.1 Å². The fourth-order valence-electron chi connectivity index (χ4n) is 8.17. The zero-order valence-corrected chi connectivity index (χ0v) is 18.6. The molecule has 0 radical (unpaired) electrons. The van der Waals surface area contributed by atoms with Crippen LogP contribution < -0.4 is 0 Å². The van der Waals surface area contributed by atoms with Gasteiger partial charge in [0.2, 0.25) is 0 Å². The minimum absolute atomic E-state index is 0.0564. The van der Waals surface area contributed by atoms with Gasteiger partial charge < -0.3 is 9.47 Å². The number of carbonyl (C=O) groups is 2. The summed E-state index contributed by atoms with van der Waals surface area (Å²) in [5.74, 6) is 0.936. The van der Waals surface area contributed by atoms with E-state index in [2.05, 4.69) is 26.8 Å². The second-order valence-corrected chi connectivity index (χ2v) is 11.2. The highest BCUT2D eigenvalue weighted by molar-refractivity contribution is 5.92. The molecule has 3 fully saturated rings. The van der Waals surface area contributed by atoms with E-state index in [1.807, 2.05) is 19.9 Å². The second-order valence-electron chi connectivity index (χ2n) is 11.2. The summed E-state index contributed by atoms with van der Waals surface area (Å²) in [4.78, 5) is 25.2. The van der Waals surface area contributed by atoms with Crippen LogP contribution in [-0.4, -0.2) is 29.1 Å². The molecule has 1 saturated heterocycles. The van der Waals surface area contributed by atoms with Gasteiger partial charge in [-0.3, -0.25) is 9.59 Å². The Bertz CT molecular complexity index is 866. The summed E-state index contributed by atoms with van der Waals surface area (Å²) in [6.45, 7) is 12.4. The van der Waals surface area contributed by atoms with E-state index in [-0.39, 0.29) is 28.5 Å². The third kappa shape index (κ3) is 2.28. The Balaban J connectivity index is 1.61. The summed E-state index contributed by atoms with van der Waals surface area (Å²) < 4.78 is 12.8. The fraction of sp³-hybridized carbons (Fsp3) is 0.760. The maximum absolute atomic E-state index is 13.1. The van der Waals surface area contributed by atoms with E-state index in [1.54, 1.807) is 6.92 Å². The van der Waals surface area contributed by atoms with Crippen LogP contribution in [0.15, 0.2) is 23.3 Å². The lowest BCUT2D eigenvalue weighted by Gasteiger charge is -2.58. The van der Waals surface area contributed by atoms with Crippen LogP contribution in [0.2, 0.25) is 0 Å². The van der Waals surface area contributed by atoms with Crippen molar-refractivity contribution in [3.05, 3.63) is 23.3 Å². The van der Waals surface area contributed by atoms with E-state index in [0.717, 1.165) is 25.7 Å². The molecule has 1 heterocycles. The first-order chi connectivity index (χ1) is 13.4. The molecular weight excluding hydrogens is 364 g/mol. The van der Waals surface area contributed by atoms with Gasteiger partial charge in [-0.15, -0.1) is 0 Å². The number of ketones is 2. The van der Waals surface area contributed by atoms with Crippen molar-refractivity contribution in [3.63, 3.8) is 0 Å². The normalized spacial score (nSPS) is 50.1. The number of allylic oxidation sites excluding steroid dienone is 4. The molecule has 1 aliphatic heterocycles. The number of carbonyl (C=O) groups excluding carboxylic acids is 2. The Morgan fingerprint density at radius 1 is 1.14 bits per heavy atom. The summed E-state index contributed by atoms with van der Waals surface area (Å²) in [7, 11) is 0. The molecule has 5 aliphatic rings. The molecule has 158 valence electrons. The topological polar surface area (TPSA) is 52.6 Å².